The highest BCUT2D eigenvalue weighted by molar-refractivity contribution is 6.31. The maximum atomic E-state index is 13.5. The van der Waals surface area contributed by atoms with Crippen LogP contribution in [-0.2, 0) is 6.42 Å². The minimum Gasteiger partial charge on any atom is -0.464 e. The van der Waals surface area contributed by atoms with Crippen LogP contribution in [0.3, 0.4) is 0 Å². The summed E-state index contributed by atoms with van der Waals surface area (Å²) in [5.41, 5.74) is 1.42. The van der Waals surface area contributed by atoms with Gasteiger partial charge in [-0.25, -0.2) is 4.39 Å². The molecule has 0 spiro atoms. The molecule has 1 aromatic carbocycles. The maximum Gasteiger partial charge on any atom is 0.127 e. The van der Waals surface area contributed by atoms with Gasteiger partial charge in [0.05, 0.1) is 6.04 Å². The highest BCUT2D eigenvalue weighted by atomic mass is 35.5. The molecule has 2 rings (SSSR count). The number of hydrogen-bond acceptors (Lipinski definition) is 2. The fourth-order valence-corrected chi connectivity index (χ4v) is 2.47. The number of aryl methyl sites for hydroxylation is 2. The molecule has 2 nitrogen and oxygen atoms in total. The van der Waals surface area contributed by atoms with E-state index in [2.05, 4.69) is 5.32 Å². The van der Waals surface area contributed by atoms with Crippen molar-refractivity contribution in [1.29, 1.82) is 0 Å². The van der Waals surface area contributed by atoms with E-state index >= 15 is 0 Å². The Kier molecular flexibility index (Phi) is 4.84. The Hall–Kier alpha value is -1.32. The number of rotatable bonds is 5. The first-order valence-corrected chi connectivity index (χ1v) is 7.22. The first-order valence-electron chi connectivity index (χ1n) is 6.84. The van der Waals surface area contributed by atoms with Crippen LogP contribution in [-0.4, -0.2) is 6.54 Å². The van der Waals surface area contributed by atoms with Gasteiger partial charge in [-0.1, -0.05) is 25.4 Å². The summed E-state index contributed by atoms with van der Waals surface area (Å²) in [5.74, 6) is 1.44. The van der Waals surface area contributed by atoms with Gasteiger partial charge in [0.2, 0.25) is 0 Å². The van der Waals surface area contributed by atoms with Crippen LogP contribution >= 0.6 is 11.6 Å². The van der Waals surface area contributed by atoms with E-state index in [-0.39, 0.29) is 11.9 Å². The molecule has 0 radical (unpaired) electrons. The normalized spacial score (nSPS) is 12.7. The second-order valence-corrected chi connectivity index (χ2v) is 5.18. The minimum absolute atomic E-state index is 0.160. The molecule has 108 valence electrons. The van der Waals surface area contributed by atoms with Gasteiger partial charge in [-0.05, 0) is 48.9 Å². The third-order valence-corrected chi connectivity index (χ3v) is 3.64. The monoisotopic (exact) mass is 295 g/mol. The topological polar surface area (TPSA) is 25.2 Å². The number of nitrogens with one attached hydrogen (secondary N) is 1. The van der Waals surface area contributed by atoms with E-state index < -0.39 is 0 Å². The smallest absolute Gasteiger partial charge is 0.127 e. The van der Waals surface area contributed by atoms with E-state index in [4.69, 9.17) is 16.0 Å². The van der Waals surface area contributed by atoms with E-state index in [0.717, 1.165) is 30.0 Å². The standard InChI is InChI=1S/C16H19ClFNO/c1-4-11-6-7-15(20-11)16(19-5-2)12-8-10(3)14(18)9-13(12)17/h6-9,16,19H,4-5H2,1-3H3. The van der Waals surface area contributed by atoms with Gasteiger partial charge in [0.25, 0.3) is 0 Å². The summed E-state index contributed by atoms with van der Waals surface area (Å²) in [4.78, 5) is 0. The Morgan fingerprint density at radius 3 is 2.65 bits per heavy atom. The molecule has 1 atom stereocenters. The van der Waals surface area contributed by atoms with Gasteiger partial charge in [-0.2, -0.15) is 0 Å². The quantitative estimate of drug-likeness (QED) is 0.869. The van der Waals surface area contributed by atoms with Gasteiger partial charge in [0.15, 0.2) is 0 Å². The predicted octanol–water partition coefficient (Wildman–Crippen LogP) is 4.64. The lowest BCUT2D eigenvalue weighted by molar-refractivity contribution is 0.425. The summed E-state index contributed by atoms with van der Waals surface area (Å²) in [7, 11) is 0. The molecule has 0 aliphatic rings. The molecule has 2 aromatic rings. The predicted molar refractivity (Wildman–Crippen MR) is 79.8 cm³/mol. The van der Waals surface area contributed by atoms with Gasteiger partial charge < -0.3 is 9.73 Å². The Balaban J connectivity index is 2.45. The zero-order valence-corrected chi connectivity index (χ0v) is 12.7. The molecule has 0 bridgehead atoms. The number of furan rings is 1. The van der Waals surface area contributed by atoms with Crippen LogP contribution in [0.2, 0.25) is 5.02 Å². The van der Waals surface area contributed by atoms with Crippen LogP contribution in [0.5, 0.6) is 0 Å². The van der Waals surface area contributed by atoms with Crippen LogP contribution in [0.25, 0.3) is 0 Å². The molecule has 0 aliphatic heterocycles. The molecule has 1 heterocycles. The first kappa shape index (κ1) is 15.1. The van der Waals surface area contributed by atoms with E-state index in [1.54, 1.807) is 13.0 Å². The zero-order valence-electron chi connectivity index (χ0n) is 12.0. The molecular weight excluding hydrogens is 277 g/mol. The average Bonchev–Trinajstić information content (AvgIpc) is 2.89. The highest BCUT2D eigenvalue weighted by Crippen LogP contribution is 2.31. The van der Waals surface area contributed by atoms with Crippen LogP contribution in [0.1, 0.15) is 42.5 Å². The minimum atomic E-state index is -0.289. The third-order valence-electron chi connectivity index (χ3n) is 3.31. The lowest BCUT2D eigenvalue weighted by atomic mass is 10.0. The van der Waals surface area contributed by atoms with E-state index in [1.807, 2.05) is 26.0 Å². The van der Waals surface area contributed by atoms with Crippen LogP contribution in [0.4, 0.5) is 4.39 Å². The Morgan fingerprint density at radius 1 is 1.30 bits per heavy atom. The van der Waals surface area contributed by atoms with Crippen molar-refractivity contribution >= 4 is 11.6 Å². The first-order chi connectivity index (χ1) is 9.56. The van der Waals surface area contributed by atoms with Gasteiger partial charge >= 0.3 is 0 Å². The summed E-state index contributed by atoms with van der Waals surface area (Å²) in [6, 6.07) is 6.89. The molecule has 0 saturated heterocycles. The highest BCUT2D eigenvalue weighted by Gasteiger charge is 2.20. The lowest BCUT2D eigenvalue weighted by Crippen LogP contribution is -2.22. The summed E-state index contributed by atoms with van der Waals surface area (Å²) in [6.07, 6.45) is 0.842. The molecule has 0 fully saturated rings. The van der Waals surface area contributed by atoms with E-state index in [1.165, 1.54) is 6.07 Å². The number of benzene rings is 1. The van der Waals surface area contributed by atoms with Crippen LogP contribution in [0.15, 0.2) is 28.7 Å². The average molecular weight is 296 g/mol. The molecule has 1 aromatic heterocycles. The SMILES string of the molecule is CCNC(c1ccc(CC)o1)c1cc(C)c(F)cc1Cl. The molecule has 1 unspecified atom stereocenters. The van der Waals surface area contributed by atoms with Crippen molar-refractivity contribution < 1.29 is 8.81 Å². The maximum absolute atomic E-state index is 13.5. The van der Waals surface area contributed by atoms with E-state index in [9.17, 15) is 4.39 Å². The van der Waals surface area contributed by atoms with Crippen molar-refractivity contribution in [3.63, 3.8) is 0 Å². The Bertz CT molecular complexity index is 594. The molecule has 20 heavy (non-hydrogen) atoms. The summed E-state index contributed by atoms with van der Waals surface area (Å²) in [6.45, 7) is 6.55. The van der Waals surface area contributed by atoms with Crippen LogP contribution < -0.4 is 5.32 Å². The summed E-state index contributed by atoms with van der Waals surface area (Å²) in [5, 5.41) is 3.75. The van der Waals surface area contributed by atoms with Crippen molar-refractivity contribution in [1.82, 2.24) is 5.32 Å². The molecule has 0 saturated carbocycles. The second-order valence-electron chi connectivity index (χ2n) is 4.77. The van der Waals surface area contributed by atoms with Crippen molar-refractivity contribution in [3.8, 4) is 0 Å². The molecular formula is C16H19ClFNO. The van der Waals surface area contributed by atoms with Crippen molar-refractivity contribution in [2.75, 3.05) is 6.54 Å². The van der Waals surface area contributed by atoms with Crippen molar-refractivity contribution in [3.05, 3.63) is 57.8 Å². The molecule has 1 N–H and O–H groups in total. The van der Waals surface area contributed by atoms with Crippen molar-refractivity contribution in [2.24, 2.45) is 0 Å². The summed E-state index contributed by atoms with van der Waals surface area (Å²) < 4.78 is 19.4. The molecule has 0 amide bonds. The van der Waals surface area contributed by atoms with E-state index in [0.29, 0.717) is 10.6 Å². The van der Waals surface area contributed by atoms with Gasteiger partial charge in [0, 0.05) is 11.4 Å². The summed E-state index contributed by atoms with van der Waals surface area (Å²) >= 11 is 6.20. The fourth-order valence-electron chi connectivity index (χ4n) is 2.21. The number of hydrogen-bond donors (Lipinski definition) is 1. The second kappa shape index (κ2) is 6.42. The number of halogens is 2. The fraction of sp³-hybridized carbons (Fsp3) is 0.375. The largest absolute Gasteiger partial charge is 0.464 e. The van der Waals surface area contributed by atoms with Crippen LogP contribution in [0, 0.1) is 12.7 Å². The molecule has 0 aliphatic carbocycles. The lowest BCUT2D eigenvalue weighted by Gasteiger charge is -2.18. The Morgan fingerprint density at radius 2 is 2.05 bits per heavy atom. The Labute approximate surface area is 123 Å². The van der Waals surface area contributed by atoms with Crippen molar-refractivity contribution in [2.45, 2.75) is 33.2 Å². The third kappa shape index (κ3) is 3.05. The van der Waals surface area contributed by atoms with Gasteiger partial charge in [-0.15, -0.1) is 0 Å². The van der Waals surface area contributed by atoms with Gasteiger partial charge in [0.1, 0.15) is 17.3 Å². The zero-order chi connectivity index (χ0) is 14.7. The van der Waals surface area contributed by atoms with Gasteiger partial charge in [-0.3, -0.25) is 0 Å². The molecule has 4 heteroatoms.